The van der Waals surface area contributed by atoms with Crippen LogP contribution in [0.1, 0.15) is 51.0 Å². The smallest absolute Gasteiger partial charge is 0.315 e. The zero-order valence-electron chi connectivity index (χ0n) is 14.9. The molecule has 2 fully saturated rings. The predicted molar refractivity (Wildman–Crippen MR) is 92.8 cm³/mol. The highest BCUT2D eigenvalue weighted by Gasteiger charge is 2.59. The van der Waals surface area contributed by atoms with Gasteiger partial charge in [-0.1, -0.05) is 6.42 Å². The van der Waals surface area contributed by atoms with Gasteiger partial charge in [-0.25, -0.2) is 4.79 Å². The number of rotatable bonds is 8. The number of carbonyl (C=O) groups excluding carboxylic acids is 1. The van der Waals surface area contributed by atoms with Gasteiger partial charge >= 0.3 is 6.03 Å². The molecular formula is C18H30N4O2. The van der Waals surface area contributed by atoms with Crippen LogP contribution in [-0.4, -0.2) is 41.1 Å². The van der Waals surface area contributed by atoms with Crippen LogP contribution in [-0.2, 0) is 18.2 Å². The summed E-state index contributed by atoms with van der Waals surface area (Å²) in [5.74, 6) is 0. The van der Waals surface area contributed by atoms with Gasteiger partial charge in [-0.2, -0.15) is 5.10 Å². The SMILES string of the molecule is CCOC1CC(NC(=O)NCCCCc2cnn(C)c2)C12CCC2. The summed E-state index contributed by atoms with van der Waals surface area (Å²) in [6, 6.07) is 0.265. The summed E-state index contributed by atoms with van der Waals surface area (Å²) in [5.41, 5.74) is 1.48. The van der Waals surface area contributed by atoms with E-state index in [0.717, 1.165) is 38.8 Å². The van der Waals surface area contributed by atoms with Gasteiger partial charge in [0, 0.05) is 37.9 Å². The number of carbonyl (C=O) groups is 1. The fraction of sp³-hybridized carbons (Fsp3) is 0.778. The van der Waals surface area contributed by atoms with Gasteiger partial charge in [0.05, 0.1) is 12.3 Å². The van der Waals surface area contributed by atoms with E-state index >= 15 is 0 Å². The highest BCUT2D eigenvalue weighted by atomic mass is 16.5. The van der Waals surface area contributed by atoms with Gasteiger partial charge < -0.3 is 15.4 Å². The molecule has 1 heterocycles. The van der Waals surface area contributed by atoms with Crippen LogP contribution in [0.15, 0.2) is 12.4 Å². The molecule has 2 atom stereocenters. The number of nitrogens with one attached hydrogen (secondary N) is 2. The molecule has 6 heteroatoms. The van der Waals surface area contributed by atoms with Crippen molar-refractivity contribution in [1.29, 1.82) is 0 Å². The molecule has 134 valence electrons. The first-order valence-corrected chi connectivity index (χ1v) is 9.27. The molecule has 0 bridgehead atoms. The Kier molecular flexibility index (Phi) is 5.43. The fourth-order valence-electron chi connectivity index (χ4n) is 4.11. The highest BCUT2D eigenvalue weighted by molar-refractivity contribution is 5.74. The molecule has 1 spiro atoms. The van der Waals surface area contributed by atoms with Crippen LogP contribution in [0, 0.1) is 5.41 Å². The van der Waals surface area contributed by atoms with Gasteiger partial charge in [0.2, 0.25) is 0 Å². The molecule has 1 aromatic heterocycles. The van der Waals surface area contributed by atoms with Crippen molar-refractivity contribution in [3.05, 3.63) is 18.0 Å². The van der Waals surface area contributed by atoms with E-state index in [0.29, 0.717) is 6.10 Å². The van der Waals surface area contributed by atoms with E-state index in [1.165, 1.54) is 24.8 Å². The van der Waals surface area contributed by atoms with Crippen molar-refractivity contribution in [2.45, 2.75) is 64.0 Å². The number of hydrogen-bond donors (Lipinski definition) is 2. The number of amides is 2. The number of unbranched alkanes of at least 4 members (excludes halogenated alkanes) is 1. The van der Waals surface area contributed by atoms with E-state index < -0.39 is 0 Å². The topological polar surface area (TPSA) is 68.2 Å². The lowest BCUT2D eigenvalue weighted by molar-refractivity contribution is -0.169. The standard InChI is InChI=1S/C18H30N4O2/c1-3-24-16-11-15(18(16)8-6-9-18)21-17(23)19-10-5-4-7-14-12-20-22(2)13-14/h12-13,15-16H,3-11H2,1-2H3,(H2,19,21,23). The normalized spacial score (nSPS) is 24.2. The van der Waals surface area contributed by atoms with Crippen molar-refractivity contribution in [3.63, 3.8) is 0 Å². The van der Waals surface area contributed by atoms with Crippen LogP contribution in [0.2, 0.25) is 0 Å². The molecule has 2 amide bonds. The van der Waals surface area contributed by atoms with Crippen molar-refractivity contribution < 1.29 is 9.53 Å². The maximum absolute atomic E-state index is 12.1. The minimum absolute atomic E-state index is 0.0254. The van der Waals surface area contributed by atoms with E-state index in [9.17, 15) is 4.79 Å². The second-order valence-electron chi connectivity index (χ2n) is 7.20. The number of aryl methyl sites for hydroxylation is 2. The minimum atomic E-state index is -0.0254. The molecule has 1 aromatic rings. The van der Waals surface area contributed by atoms with Gasteiger partial charge in [-0.05, 0) is 51.0 Å². The summed E-state index contributed by atoms with van der Waals surface area (Å²) in [6.45, 7) is 3.54. The molecule has 0 saturated heterocycles. The van der Waals surface area contributed by atoms with Gasteiger partial charge in [0.15, 0.2) is 0 Å². The minimum Gasteiger partial charge on any atom is -0.378 e. The molecule has 0 aromatic carbocycles. The Balaban J connectivity index is 1.30. The summed E-state index contributed by atoms with van der Waals surface area (Å²) in [5, 5.41) is 10.3. The molecule has 2 N–H and O–H groups in total. The Morgan fingerprint density at radius 2 is 2.29 bits per heavy atom. The molecule has 2 unspecified atom stereocenters. The third-order valence-electron chi connectivity index (χ3n) is 5.68. The van der Waals surface area contributed by atoms with Crippen molar-refractivity contribution >= 4 is 6.03 Å². The monoisotopic (exact) mass is 334 g/mol. The van der Waals surface area contributed by atoms with E-state index in [1.54, 1.807) is 0 Å². The second kappa shape index (κ2) is 7.55. The Morgan fingerprint density at radius 3 is 2.92 bits per heavy atom. The maximum Gasteiger partial charge on any atom is 0.315 e. The molecule has 3 rings (SSSR count). The molecule has 2 aliphatic carbocycles. The van der Waals surface area contributed by atoms with Crippen molar-refractivity contribution in [3.8, 4) is 0 Å². The van der Waals surface area contributed by atoms with Crippen molar-refractivity contribution in [2.75, 3.05) is 13.2 Å². The Morgan fingerprint density at radius 1 is 1.46 bits per heavy atom. The molecule has 24 heavy (non-hydrogen) atoms. The van der Waals surface area contributed by atoms with Crippen molar-refractivity contribution in [2.24, 2.45) is 12.5 Å². The maximum atomic E-state index is 12.1. The fourth-order valence-corrected chi connectivity index (χ4v) is 4.11. The van der Waals surface area contributed by atoms with E-state index in [-0.39, 0.29) is 17.5 Å². The number of urea groups is 1. The largest absolute Gasteiger partial charge is 0.378 e. The van der Waals surface area contributed by atoms with Crippen LogP contribution in [0.3, 0.4) is 0 Å². The number of nitrogens with zero attached hydrogens (tertiary/aromatic N) is 2. The Labute approximate surface area is 144 Å². The first-order valence-electron chi connectivity index (χ1n) is 9.27. The third-order valence-corrected chi connectivity index (χ3v) is 5.68. The van der Waals surface area contributed by atoms with E-state index in [2.05, 4.69) is 15.7 Å². The molecule has 0 radical (unpaired) electrons. The number of ether oxygens (including phenoxy) is 1. The average Bonchev–Trinajstić information content (AvgIpc) is 2.89. The molecular weight excluding hydrogens is 304 g/mol. The average molecular weight is 334 g/mol. The van der Waals surface area contributed by atoms with Gasteiger partial charge in [-0.3, -0.25) is 4.68 Å². The predicted octanol–water partition coefficient (Wildman–Crippen LogP) is 2.39. The molecule has 2 aliphatic rings. The highest BCUT2D eigenvalue weighted by Crippen LogP contribution is 2.57. The first-order chi connectivity index (χ1) is 11.6. The second-order valence-corrected chi connectivity index (χ2v) is 7.20. The van der Waals surface area contributed by atoms with Gasteiger partial charge in [0.25, 0.3) is 0 Å². The zero-order chi connectivity index (χ0) is 17.0. The van der Waals surface area contributed by atoms with Crippen LogP contribution in [0.5, 0.6) is 0 Å². The molecule has 2 saturated carbocycles. The summed E-state index contributed by atoms with van der Waals surface area (Å²) < 4.78 is 7.65. The lowest BCUT2D eigenvalue weighted by Crippen LogP contribution is -2.68. The first kappa shape index (κ1) is 17.3. The van der Waals surface area contributed by atoms with Gasteiger partial charge in [0.1, 0.15) is 0 Å². The number of aromatic nitrogens is 2. The molecule has 0 aliphatic heterocycles. The summed E-state index contributed by atoms with van der Waals surface area (Å²) in [6.07, 6.45) is 12.0. The molecule has 6 nitrogen and oxygen atoms in total. The quantitative estimate of drug-likeness (QED) is 0.717. The zero-order valence-corrected chi connectivity index (χ0v) is 14.9. The Hall–Kier alpha value is -1.56. The van der Waals surface area contributed by atoms with Gasteiger partial charge in [-0.15, -0.1) is 0 Å². The van der Waals surface area contributed by atoms with Crippen LogP contribution in [0.25, 0.3) is 0 Å². The van der Waals surface area contributed by atoms with Crippen LogP contribution < -0.4 is 10.6 Å². The lowest BCUT2D eigenvalue weighted by atomic mass is 9.51. The Bertz CT molecular complexity index is 553. The van der Waals surface area contributed by atoms with E-state index in [1.807, 2.05) is 31.0 Å². The van der Waals surface area contributed by atoms with Crippen molar-refractivity contribution in [1.82, 2.24) is 20.4 Å². The third kappa shape index (κ3) is 3.58. The van der Waals surface area contributed by atoms with E-state index in [4.69, 9.17) is 4.74 Å². The van der Waals surface area contributed by atoms with Crippen LogP contribution >= 0.6 is 0 Å². The summed E-state index contributed by atoms with van der Waals surface area (Å²) >= 11 is 0. The summed E-state index contributed by atoms with van der Waals surface area (Å²) in [7, 11) is 1.93. The number of hydrogen-bond acceptors (Lipinski definition) is 3. The van der Waals surface area contributed by atoms with Crippen LogP contribution in [0.4, 0.5) is 4.79 Å². The lowest BCUT2D eigenvalue weighted by Gasteiger charge is -2.60. The summed E-state index contributed by atoms with van der Waals surface area (Å²) in [4.78, 5) is 12.1.